The molecule has 6 nitrogen and oxygen atoms in total. The Hall–Kier alpha value is -2.67. The number of H-pyrrole nitrogens is 1. The molecule has 0 unspecified atom stereocenters. The predicted molar refractivity (Wildman–Crippen MR) is 99.8 cm³/mol. The summed E-state index contributed by atoms with van der Waals surface area (Å²) in [5.74, 6) is 0.865. The third-order valence-corrected chi connectivity index (χ3v) is 4.23. The van der Waals surface area contributed by atoms with Gasteiger partial charge in [0, 0.05) is 18.5 Å². The van der Waals surface area contributed by atoms with Crippen molar-refractivity contribution >= 4 is 29.0 Å². The van der Waals surface area contributed by atoms with Gasteiger partial charge in [-0.15, -0.1) is 0 Å². The Morgan fingerprint density at radius 3 is 2.84 bits per heavy atom. The number of amides is 2. The molecule has 25 heavy (non-hydrogen) atoms. The van der Waals surface area contributed by atoms with E-state index in [0.29, 0.717) is 24.7 Å². The van der Waals surface area contributed by atoms with E-state index in [1.54, 1.807) is 0 Å². The number of rotatable bonds is 7. The van der Waals surface area contributed by atoms with Gasteiger partial charge in [0.05, 0.1) is 17.6 Å². The van der Waals surface area contributed by atoms with Crippen LogP contribution in [0, 0.1) is 0 Å². The second kappa shape index (κ2) is 8.43. The third-order valence-electron chi connectivity index (χ3n) is 3.56. The summed E-state index contributed by atoms with van der Waals surface area (Å²) in [6.07, 6.45) is 0.707. The second-order valence-corrected chi connectivity index (χ2v) is 6.10. The Morgan fingerprint density at radius 1 is 1.20 bits per heavy atom. The first kappa shape index (κ1) is 17.2. The highest BCUT2D eigenvalue weighted by molar-refractivity contribution is 7.97. The maximum atomic E-state index is 11.9. The zero-order valence-corrected chi connectivity index (χ0v) is 14.7. The molecule has 0 fully saturated rings. The molecule has 2 aromatic carbocycles. The summed E-state index contributed by atoms with van der Waals surface area (Å²) in [5, 5.41) is 3.49. The summed E-state index contributed by atoms with van der Waals surface area (Å²) in [5.41, 5.74) is 2.90. The minimum absolute atomic E-state index is 0.251. The van der Waals surface area contributed by atoms with Crippen molar-refractivity contribution in [3.8, 4) is 5.75 Å². The van der Waals surface area contributed by atoms with Gasteiger partial charge in [-0.2, -0.15) is 0 Å². The highest BCUT2D eigenvalue weighted by atomic mass is 32.2. The number of urea groups is 1. The lowest BCUT2D eigenvalue weighted by Gasteiger charge is -2.10. The average Bonchev–Trinajstić information content (AvgIpc) is 3.05. The summed E-state index contributed by atoms with van der Waals surface area (Å²) in [4.78, 5) is 19.5. The molecule has 0 spiro atoms. The number of carbonyl (C=O) groups is 1. The van der Waals surface area contributed by atoms with Gasteiger partial charge in [0.25, 0.3) is 0 Å². The van der Waals surface area contributed by atoms with E-state index < -0.39 is 0 Å². The van der Waals surface area contributed by atoms with Crippen molar-refractivity contribution in [3.05, 3.63) is 54.1 Å². The molecule has 1 aromatic heterocycles. The number of imidazole rings is 1. The molecule has 3 N–H and O–H groups in total. The molecule has 0 saturated heterocycles. The number of nitrogens with one attached hydrogen (secondary N) is 3. The number of aromatic amines is 1. The zero-order valence-electron chi connectivity index (χ0n) is 13.9. The van der Waals surface area contributed by atoms with Gasteiger partial charge in [0.1, 0.15) is 5.75 Å². The van der Waals surface area contributed by atoms with E-state index in [-0.39, 0.29) is 6.03 Å². The van der Waals surface area contributed by atoms with Crippen LogP contribution in [0.25, 0.3) is 11.0 Å². The topological polar surface area (TPSA) is 79.0 Å². The molecule has 130 valence electrons. The summed E-state index contributed by atoms with van der Waals surface area (Å²) < 4.78 is 8.31. The standard InChI is InChI=1S/C18H20N4O2S/c1-2-24-16-10-6-3-7-13(16)11-12-19-17(23)22-25-18-20-14-8-4-5-9-15(14)21-18/h3-10H,2,11-12H2,1H3,(H,20,21)(H2,19,22,23). The van der Waals surface area contributed by atoms with E-state index in [1.807, 2.05) is 55.5 Å². The Kier molecular flexibility index (Phi) is 5.79. The summed E-state index contributed by atoms with van der Waals surface area (Å²) in [7, 11) is 0. The summed E-state index contributed by atoms with van der Waals surface area (Å²) in [6.45, 7) is 3.10. The molecule has 3 rings (SSSR count). The second-order valence-electron chi connectivity index (χ2n) is 5.31. The summed E-state index contributed by atoms with van der Waals surface area (Å²) in [6, 6.07) is 15.3. The minimum atomic E-state index is -0.251. The average molecular weight is 356 g/mol. The number of benzene rings is 2. The van der Waals surface area contributed by atoms with E-state index >= 15 is 0 Å². The van der Waals surface area contributed by atoms with Gasteiger partial charge in [-0.05, 0) is 37.1 Å². The van der Waals surface area contributed by atoms with Crippen molar-refractivity contribution in [3.63, 3.8) is 0 Å². The molecule has 1 heterocycles. The van der Waals surface area contributed by atoms with Gasteiger partial charge >= 0.3 is 6.03 Å². The number of para-hydroxylation sites is 3. The Bertz CT molecular complexity index is 817. The molecule has 0 saturated carbocycles. The number of hydrogen-bond acceptors (Lipinski definition) is 4. The first-order valence-corrected chi connectivity index (χ1v) is 8.94. The highest BCUT2D eigenvalue weighted by Gasteiger charge is 2.07. The van der Waals surface area contributed by atoms with E-state index in [0.717, 1.165) is 34.3 Å². The van der Waals surface area contributed by atoms with Gasteiger partial charge < -0.3 is 15.0 Å². The van der Waals surface area contributed by atoms with Crippen molar-refractivity contribution in [1.82, 2.24) is 20.0 Å². The van der Waals surface area contributed by atoms with Crippen molar-refractivity contribution in [2.75, 3.05) is 13.2 Å². The molecule has 0 aliphatic carbocycles. The van der Waals surface area contributed by atoms with Crippen LogP contribution >= 0.6 is 11.9 Å². The molecular weight excluding hydrogens is 336 g/mol. The van der Waals surface area contributed by atoms with Crippen LogP contribution in [0.3, 0.4) is 0 Å². The number of carbonyl (C=O) groups excluding carboxylic acids is 1. The van der Waals surface area contributed by atoms with Crippen LogP contribution in [-0.2, 0) is 6.42 Å². The van der Waals surface area contributed by atoms with Crippen LogP contribution in [0.4, 0.5) is 4.79 Å². The van der Waals surface area contributed by atoms with Crippen molar-refractivity contribution < 1.29 is 9.53 Å². The first-order chi connectivity index (χ1) is 12.3. The van der Waals surface area contributed by atoms with Crippen LogP contribution in [-0.4, -0.2) is 29.2 Å². The van der Waals surface area contributed by atoms with E-state index in [9.17, 15) is 4.79 Å². The van der Waals surface area contributed by atoms with Crippen molar-refractivity contribution in [2.24, 2.45) is 0 Å². The minimum Gasteiger partial charge on any atom is -0.494 e. The van der Waals surface area contributed by atoms with E-state index in [4.69, 9.17) is 4.74 Å². The molecule has 2 amide bonds. The Morgan fingerprint density at radius 2 is 2.00 bits per heavy atom. The van der Waals surface area contributed by atoms with Crippen molar-refractivity contribution in [1.29, 1.82) is 0 Å². The smallest absolute Gasteiger partial charge is 0.325 e. The first-order valence-electron chi connectivity index (χ1n) is 8.12. The van der Waals surface area contributed by atoms with Crippen LogP contribution in [0.5, 0.6) is 5.75 Å². The number of hydrogen-bond donors (Lipinski definition) is 3. The summed E-state index contributed by atoms with van der Waals surface area (Å²) >= 11 is 1.16. The Labute approximate surface area is 150 Å². The van der Waals surface area contributed by atoms with Gasteiger partial charge in [0.15, 0.2) is 5.16 Å². The van der Waals surface area contributed by atoms with Gasteiger partial charge in [0.2, 0.25) is 0 Å². The monoisotopic (exact) mass is 356 g/mol. The van der Waals surface area contributed by atoms with E-state index in [2.05, 4.69) is 20.0 Å². The maximum absolute atomic E-state index is 11.9. The number of nitrogens with zero attached hydrogens (tertiary/aromatic N) is 1. The van der Waals surface area contributed by atoms with Crippen LogP contribution in [0.15, 0.2) is 53.7 Å². The predicted octanol–water partition coefficient (Wildman–Crippen LogP) is 3.51. The van der Waals surface area contributed by atoms with Crippen LogP contribution in [0.1, 0.15) is 12.5 Å². The SMILES string of the molecule is CCOc1ccccc1CCNC(=O)NSc1nc2ccccc2[nH]1. The number of ether oxygens (including phenoxy) is 1. The molecule has 0 radical (unpaired) electrons. The number of aromatic nitrogens is 2. The van der Waals surface area contributed by atoms with Crippen LogP contribution < -0.4 is 14.8 Å². The molecule has 7 heteroatoms. The largest absolute Gasteiger partial charge is 0.494 e. The lowest BCUT2D eigenvalue weighted by molar-refractivity contribution is 0.246. The van der Waals surface area contributed by atoms with Crippen molar-refractivity contribution in [2.45, 2.75) is 18.5 Å². The zero-order chi connectivity index (χ0) is 17.5. The van der Waals surface area contributed by atoms with E-state index in [1.165, 1.54) is 0 Å². The molecule has 0 atom stereocenters. The third kappa shape index (κ3) is 4.67. The normalized spacial score (nSPS) is 10.6. The Balaban J connectivity index is 1.45. The van der Waals surface area contributed by atoms with Gasteiger partial charge in [-0.1, -0.05) is 30.3 Å². The molecule has 0 aliphatic rings. The quantitative estimate of drug-likeness (QED) is 0.566. The maximum Gasteiger partial charge on any atom is 0.325 e. The van der Waals surface area contributed by atoms with Gasteiger partial charge in [-0.3, -0.25) is 4.72 Å². The lowest BCUT2D eigenvalue weighted by atomic mass is 10.1. The fourth-order valence-electron chi connectivity index (χ4n) is 2.43. The van der Waals surface area contributed by atoms with Crippen LogP contribution in [0.2, 0.25) is 0 Å². The fraction of sp³-hybridized carbons (Fsp3) is 0.222. The fourth-order valence-corrected chi connectivity index (χ4v) is 2.99. The molecular formula is C18H20N4O2S. The van der Waals surface area contributed by atoms with Gasteiger partial charge in [-0.25, -0.2) is 9.78 Å². The molecule has 3 aromatic rings. The highest BCUT2D eigenvalue weighted by Crippen LogP contribution is 2.18. The number of fused-ring (bicyclic) bond motifs is 1. The molecule has 0 aliphatic heterocycles. The molecule has 0 bridgehead atoms. The lowest BCUT2D eigenvalue weighted by Crippen LogP contribution is -2.32.